The van der Waals surface area contributed by atoms with Crippen molar-refractivity contribution in [3.63, 3.8) is 0 Å². The van der Waals surface area contributed by atoms with E-state index in [-0.39, 0.29) is 24.4 Å². The number of amides is 1. The first kappa shape index (κ1) is 21.0. The molecule has 2 aromatic rings. The minimum Gasteiger partial charge on any atom is -0.394 e. The highest BCUT2D eigenvalue weighted by atomic mass is 32.1. The molecule has 0 bridgehead atoms. The summed E-state index contributed by atoms with van der Waals surface area (Å²) in [6, 6.07) is 7.04. The lowest BCUT2D eigenvalue weighted by Gasteiger charge is -2.20. The standard InChI is InChI=1S/C20H21F3N4OS/c21-20(22,23)18(24)16-5-1-2-6-17(16)26-11-14-10-13(7-8-25-14)19(28)27-12-15-4-3-9-29-15/h3-4,7-10H,1-2,5-6,11-12,24H2,(H,27,28). The third-order valence-corrected chi connectivity index (χ3v) is 5.46. The molecule has 0 saturated heterocycles. The number of nitrogens with zero attached hydrogens (tertiary/aromatic N) is 2. The number of carbonyl (C=O) groups is 1. The Morgan fingerprint density at radius 2 is 2.07 bits per heavy atom. The third kappa shape index (κ3) is 5.66. The van der Waals surface area contributed by atoms with Crippen LogP contribution in [0.3, 0.4) is 0 Å². The van der Waals surface area contributed by atoms with Crippen LogP contribution in [0.2, 0.25) is 0 Å². The first-order valence-corrected chi connectivity index (χ1v) is 10.1. The van der Waals surface area contributed by atoms with Gasteiger partial charge in [-0.25, -0.2) is 0 Å². The van der Waals surface area contributed by atoms with Crippen LogP contribution in [0.5, 0.6) is 0 Å². The highest BCUT2D eigenvalue weighted by Gasteiger charge is 2.35. The molecule has 1 saturated carbocycles. The van der Waals surface area contributed by atoms with Crippen molar-refractivity contribution < 1.29 is 18.0 Å². The molecule has 0 unspecified atom stereocenters. The van der Waals surface area contributed by atoms with E-state index in [1.54, 1.807) is 23.5 Å². The van der Waals surface area contributed by atoms with Crippen LogP contribution < -0.4 is 11.1 Å². The fraction of sp³-hybridized carbons (Fsp3) is 0.350. The van der Waals surface area contributed by atoms with Crippen molar-refractivity contribution in [3.05, 3.63) is 63.2 Å². The van der Waals surface area contributed by atoms with Crippen LogP contribution in [0.15, 0.2) is 52.1 Å². The van der Waals surface area contributed by atoms with E-state index in [9.17, 15) is 18.0 Å². The van der Waals surface area contributed by atoms with E-state index in [4.69, 9.17) is 5.73 Å². The molecule has 3 rings (SSSR count). The molecule has 0 spiro atoms. The van der Waals surface area contributed by atoms with Crippen molar-refractivity contribution >= 4 is 23.0 Å². The molecule has 2 heterocycles. The zero-order valence-corrected chi connectivity index (χ0v) is 16.4. The average Bonchev–Trinajstić information content (AvgIpc) is 3.23. The molecule has 0 aliphatic heterocycles. The van der Waals surface area contributed by atoms with Crippen molar-refractivity contribution in [2.45, 2.75) is 44.9 Å². The van der Waals surface area contributed by atoms with Gasteiger partial charge >= 0.3 is 6.18 Å². The number of hydrogen-bond donors (Lipinski definition) is 2. The number of nitrogens with two attached hydrogens (primary N) is 1. The first-order chi connectivity index (χ1) is 13.8. The van der Waals surface area contributed by atoms with Crippen molar-refractivity contribution in [1.82, 2.24) is 10.3 Å². The number of thiophene rings is 1. The van der Waals surface area contributed by atoms with Crippen LogP contribution in [0, 0.1) is 0 Å². The van der Waals surface area contributed by atoms with Crippen LogP contribution in [-0.4, -0.2) is 22.8 Å². The number of rotatable bonds is 5. The summed E-state index contributed by atoms with van der Waals surface area (Å²) in [7, 11) is 0. The van der Waals surface area contributed by atoms with Crippen LogP contribution in [0.25, 0.3) is 0 Å². The number of halogens is 3. The maximum atomic E-state index is 13.0. The summed E-state index contributed by atoms with van der Waals surface area (Å²) in [4.78, 5) is 21.9. The van der Waals surface area contributed by atoms with Crippen molar-refractivity contribution in [2.75, 3.05) is 0 Å². The molecule has 3 N–H and O–H groups in total. The summed E-state index contributed by atoms with van der Waals surface area (Å²) in [5.74, 6) is -0.241. The monoisotopic (exact) mass is 422 g/mol. The van der Waals surface area contributed by atoms with Crippen LogP contribution in [-0.2, 0) is 13.1 Å². The Labute approximate surface area is 170 Å². The number of aromatic nitrogens is 1. The molecule has 2 aromatic heterocycles. The molecule has 5 nitrogen and oxygen atoms in total. The number of pyridine rings is 1. The number of aliphatic imine (C=N–C) groups is 1. The van der Waals surface area contributed by atoms with Crippen molar-refractivity contribution in [3.8, 4) is 0 Å². The number of carbonyl (C=O) groups excluding carboxylic acids is 1. The zero-order chi connectivity index (χ0) is 20.9. The van der Waals surface area contributed by atoms with E-state index >= 15 is 0 Å². The molecular weight excluding hydrogens is 401 g/mol. The molecular formula is C20H21F3N4OS. The van der Waals surface area contributed by atoms with E-state index < -0.39 is 11.9 Å². The van der Waals surface area contributed by atoms with E-state index in [1.165, 1.54) is 6.20 Å². The van der Waals surface area contributed by atoms with E-state index in [1.807, 2.05) is 17.5 Å². The smallest absolute Gasteiger partial charge is 0.394 e. The SMILES string of the molecule is NC(=C1CCCCC1=NCc1cc(C(=O)NCc2cccs2)ccn1)C(F)(F)F. The molecule has 154 valence electrons. The largest absolute Gasteiger partial charge is 0.431 e. The van der Waals surface area contributed by atoms with Gasteiger partial charge in [-0.15, -0.1) is 11.3 Å². The molecule has 1 amide bonds. The molecule has 0 atom stereocenters. The molecule has 9 heteroatoms. The highest BCUT2D eigenvalue weighted by Crippen LogP contribution is 2.31. The highest BCUT2D eigenvalue weighted by molar-refractivity contribution is 7.09. The Balaban J connectivity index is 1.71. The van der Waals surface area contributed by atoms with Gasteiger partial charge in [0.2, 0.25) is 0 Å². The summed E-state index contributed by atoms with van der Waals surface area (Å²) < 4.78 is 39.0. The Hall–Kier alpha value is -2.68. The minimum atomic E-state index is -4.56. The topological polar surface area (TPSA) is 80.4 Å². The van der Waals surface area contributed by atoms with E-state index in [0.717, 1.165) is 11.3 Å². The van der Waals surface area contributed by atoms with Gasteiger partial charge in [-0.2, -0.15) is 13.2 Å². The fourth-order valence-corrected chi connectivity index (χ4v) is 3.73. The summed E-state index contributed by atoms with van der Waals surface area (Å²) in [6.07, 6.45) is -0.922. The van der Waals surface area contributed by atoms with Gasteiger partial charge in [0.1, 0.15) is 5.70 Å². The fourth-order valence-electron chi connectivity index (χ4n) is 3.09. The van der Waals surface area contributed by atoms with Crippen LogP contribution in [0.4, 0.5) is 13.2 Å². The number of hydrogen-bond acceptors (Lipinski definition) is 5. The zero-order valence-electron chi connectivity index (χ0n) is 15.6. The van der Waals surface area contributed by atoms with E-state index in [0.29, 0.717) is 36.4 Å². The quantitative estimate of drug-likeness (QED) is 0.751. The van der Waals surface area contributed by atoms with E-state index in [2.05, 4.69) is 15.3 Å². The first-order valence-electron chi connectivity index (χ1n) is 9.19. The Morgan fingerprint density at radius 1 is 1.28 bits per heavy atom. The Morgan fingerprint density at radius 3 is 2.79 bits per heavy atom. The lowest BCUT2D eigenvalue weighted by atomic mass is 9.91. The molecule has 1 aliphatic rings. The van der Waals surface area contributed by atoms with Gasteiger partial charge < -0.3 is 11.1 Å². The lowest BCUT2D eigenvalue weighted by Crippen LogP contribution is -2.26. The molecule has 29 heavy (non-hydrogen) atoms. The second-order valence-electron chi connectivity index (χ2n) is 6.66. The third-order valence-electron chi connectivity index (χ3n) is 4.58. The number of nitrogens with one attached hydrogen (secondary N) is 1. The average molecular weight is 422 g/mol. The second-order valence-corrected chi connectivity index (χ2v) is 7.69. The summed E-state index contributed by atoms with van der Waals surface area (Å²) in [5.41, 5.74) is 5.66. The maximum Gasteiger partial charge on any atom is 0.431 e. The summed E-state index contributed by atoms with van der Waals surface area (Å²) in [6.45, 7) is 0.525. The van der Waals surface area contributed by atoms with Crippen LogP contribution in [0.1, 0.15) is 46.6 Å². The normalized spacial score (nSPS) is 18.0. The van der Waals surface area contributed by atoms with Gasteiger partial charge in [-0.05, 0) is 49.3 Å². The lowest BCUT2D eigenvalue weighted by molar-refractivity contribution is -0.0933. The van der Waals surface area contributed by atoms with Gasteiger partial charge in [-0.3, -0.25) is 14.8 Å². The maximum absolute atomic E-state index is 13.0. The molecule has 0 radical (unpaired) electrons. The molecule has 1 fully saturated rings. The van der Waals surface area contributed by atoms with Gasteiger partial charge in [-0.1, -0.05) is 6.07 Å². The molecule has 0 aromatic carbocycles. The second kappa shape index (κ2) is 9.21. The minimum absolute atomic E-state index is 0.0774. The summed E-state index contributed by atoms with van der Waals surface area (Å²) in [5, 5.41) is 4.77. The number of alkyl halides is 3. The van der Waals surface area contributed by atoms with Gasteiger partial charge in [0.15, 0.2) is 0 Å². The Bertz CT molecular complexity index is 920. The Kier molecular flexibility index (Phi) is 6.68. The van der Waals surface area contributed by atoms with Crippen LogP contribution >= 0.6 is 11.3 Å². The molecule has 1 aliphatic carbocycles. The van der Waals surface area contributed by atoms with Crippen molar-refractivity contribution in [2.24, 2.45) is 10.7 Å². The predicted octanol–water partition coefficient (Wildman–Crippen LogP) is 4.36. The summed E-state index contributed by atoms with van der Waals surface area (Å²) >= 11 is 1.55. The van der Waals surface area contributed by atoms with Gasteiger partial charge in [0.25, 0.3) is 5.91 Å². The predicted molar refractivity (Wildman–Crippen MR) is 107 cm³/mol. The number of allylic oxidation sites excluding steroid dienone is 2. The van der Waals surface area contributed by atoms with Gasteiger partial charge in [0.05, 0.1) is 18.8 Å². The van der Waals surface area contributed by atoms with Gasteiger partial charge in [0, 0.05) is 27.9 Å². The van der Waals surface area contributed by atoms with Crippen molar-refractivity contribution in [1.29, 1.82) is 0 Å².